The molecule has 6 nitrogen and oxygen atoms in total. The van der Waals surface area contributed by atoms with Crippen LogP contribution in [-0.2, 0) is 7.05 Å². The number of hydrogen-bond donors (Lipinski definition) is 0. The van der Waals surface area contributed by atoms with Gasteiger partial charge in [-0.1, -0.05) is 30.3 Å². The molecule has 5 aromatic rings. The van der Waals surface area contributed by atoms with Crippen molar-refractivity contribution < 1.29 is 4.74 Å². The summed E-state index contributed by atoms with van der Waals surface area (Å²) in [6.07, 6.45) is 3.83. The molecule has 0 atom stereocenters. The van der Waals surface area contributed by atoms with Gasteiger partial charge in [0.15, 0.2) is 5.82 Å². The number of allylic oxidation sites excluding steroid dienone is 1. The second-order valence-corrected chi connectivity index (χ2v) is 8.28. The predicted molar refractivity (Wildman–Crippen MR) is 139 cm³/mol. The zero-order valence-corrected chi connectivity index (χ0v) is 19.9. The Labute approximate surface area is 204 Å². The van der Waals surface area contributed by atoms with E-state index < -0.39 is 0 Å². The number of fused-ring (bicyclic) bond motifs is 1. The van der Waals surface area contributed by atoms with E-state index in [2.05, 4.69) is 6.07 Å². The molecule has 6 heteroatoms. The van der Waals surface area contributed by atoms with Crippen LogP contribution in [0.1, 0.15) is 23.9 Å². The number of nitriles is 1. The van der Waals surface area contributed by atoms with Crippen molar-refractivity contribution in [1.29, 1.82) is 5.26 Å². The lowest BCUT2D eigenvalue weighted by molar-refractivity contribution is 0.340. The summed E-state index contributed by atoms with van der Waals surface area (Å²) in [5.41, 5.74) is 6.91. The summed E-state index contributed by atoms with van der Waals surface area (Å²) in [6.45, 7) is 4.63. The summed E-state index contributed by atoms with van der Waals surface area (Å²) >= 11 is 0. The molecule has 2 heterocycles. The van der Waals surface area contributed by atoms with Crippen molar-refractivity contribution in [2.24, 2.45) is 7.05 Å². The maximum absolute atomic E-state index is 10.1. The minimum atomic E-state index is 0.473. The molecule has 2 aromatic heterocycles. The van der Waals surface area contributed by atoms with Gasteiger partial charge in [0.1, 0.15) is 17.5 Å². The lowest BCUT2D eigenvalue weighted by Crippen LogP contribution is -1.96. The molecule has 0 saturated heterocycles. The molecular weight excluding hydrogens is 434 g/mol. The van der Waals surface area contributed by atoms with Crippen molar-refractivity contribution >= 4 is 22.7 Å². The minimum absolute atomic E-state index is 0.473. The summed E-state index contributed by atoms with van der Waals surface area (Å²) in [5.74, 6) is 1.45. The number of benzene rings is 3. The van der Waals surface area contributed by atoms with Gasteiger partial charge in [0.05, 0.1) is 28.9 Å². The molecule has 0 amide bonds. The Morgan fingerprint density at radius 3 is 2.54 bits per heavy atom. The van der Waals surface area contributed by atoms with E-state index in [1.54, 1.807) is 0 Å². The standard InChI is InChI=1S/C29H25N5O/c1-4-35-24-14-15-25(20(2)16-24)28-22(19-34(32-28)23-10-6-5-7-11-23)17-21(18-30)29-31-26-12-8-9-13-27(26)33(29)3/h5-17,19H,4H2,1-3H3. The molecular formula is C29H25N5O. The smallest absolute Gasteiger partial charge is 0.151 e. The fraction of sp³-hybridized carbons (Fsp3) is 0.138. The van der Waals surface area contributed by atoms with Crippen LogP contribution in [0.3, 0.4) is 0 Å². The summed E-state index contributed by atoms with van der Waals surface area (Å²) in [7, 11) is 1.93. The largest absolute Gasteiger partial charge is 0.494 e. The summed E-state index contributed by atoms with van der Waals surface area (Å²) < 4.78 is 9.47. The molecule has 35 heavy (non-hydrogen) atoms. The highest BCUT2D eigenvalue weighted by Gasteiger charge is 2.17. The molecule has 0 aliphatic heterocycles. The van der Waals surface area contributed by atoms with Crippen molar-refractivity contribution in [3.8, 4) is 28.8 Å². The van der Waals surface area contributed by atoms with Gasteiger partial charge in [-0.3, -0.25) is 0 Å². The second kappa shape index (κ2) is 9.32. The molecule has 0 N–H and O–H groups in total. The van der Waals surface area contributed by atoms with Crippen LogP contribution in [0, 0.1) is 18.3 Å². The Bertz CT molecular complexity index is 1580. The van der Waals surface area contributed by atoms with Gasteiger partial charge in [0.2, 0.25) is 0 Å². The molecule has 0 saturated carbocycles. The number of imidazole rings is 1. The quantitative estimate of drug-likeness (QED) is 0.284. The number of para-hydroxylation sites is 3. The molecule has 5 rings (SSSR count). The molecule has 172 valence electrons. The average molecular weight is 460 g/mol. The third-order valence-electron chi connectivity index (χ3n) is 5.98. The fourth-order valence-electron chi connectivity index (χ4n) is 4.26. The van der Waals surface area contributed by atoms with E-state index in [9.17, 15) is 5.26 Å². The van der Waals surface area contributed by atoms with Gasteiger partial charge in [0.25, 0.3) is 0 Å². The van der Waals surface area contributed by atoms with Gasteiger partial charge < -0.3 is 9.30 Å². The van der Waals surface area contributed by atoms with Crippen molar-refractivity contribution in [1.82, 2.24) is 19.3 Å². The topological polar surface area (TPSA) is 68.7 Å². The molecule has 0 radical (unpaired) electrons. The first-order valence-electron chi connectivity index (χ1n) is 11.5. The molecule has 0 unspecified atom stereocenters. The first-order chi connectivity index (χ1) is 17.1. The summed E-state index contributed by atoms with van der Waals surface area (Å²) in [4.78, 5) is 4.73. The highest BCUT2D eigenvalue weighted by molar-refractivity contribution is 5.93. The van der Waals surface area contributed by atoms with Crippen LogP contribution in [0.4, 0.5) is 0 Å². The van der Waals surface area contributed by atoms with Gasteiger partial charge >= 0.3 is 0 Å². The van der Waals surface area contributed by atoms with Crippen LogP contribution in [0.25, 0.3) is 39.6 Å². The maximum atomic E-state index is 10.1. The van der Waals surface area contributed by atoms with Crippen LogP contribution in [0.15, 0.2) is 79.0 Å². The number of aryl methyl sites for hydroxylation is 2. The van der Waals surface area contributed by atoms with Gasteiger partial charge in [-0.25, -0.2) is 9.67 Å². The summed E-state index contributed by atoms with van der Waals surface area (Å²) in [5, 5.41) is 15.0. The van der Waals surface area contributed by atoms with Gasteiger partial charge in [-0.15, -0.1) is 0 Å². The monoisotopic (exact) mass is 459 g/mol. The highest BCUT2D eigenvalue weighted by Crippen LogP contribution is 2.32. The second-order valence-electron chi connectivity index (χ2n) is 8.28. The van der Waals surface area contributed by atoms with Crippen LogP contribution in [0.2, 0.25) is 0 Å². The SMILES string of the molecule is CCOc1ccc(-c2nn(-c3ccccc3)cc2C=C(C#N)c2nc3ccccc3n2C)c(C)c1. The van der Waals surface area contributed by atoms with Crippen molar-refractivity contribution in [3.63, 3.8) is 0 Å². The Balaban J connectivity index is 1.68. The predicted octanol–water partition coefficient (Wildman–Crippen LogP) is 6.20. The normalized spacial score (nSPS) is 11.5. The van der Waals surface area contributed by atoms with Gasteiger partial charge in [0, 0.05) is 24.4 Å². The molecule has 3 aromatic carbocycles. The molecule has 0 aliphatic carbocycles. The number of hydrogen-bond acceptors (Lipinski definition) is 4. The third kappa shape index (κ3) is 4.20. The van der Waals surface area contributed by atoms with Crippen molar-refractivity contribution in [2.75, 3.05) is 6.61 Å². The molecule has 0 fully saturated rings. The van der Waals surface area contributed by atoms with Crippen LogP contribution in [-0.4, -0.2) is 25.9 Å². The lowest BCUT2D eigenvalue weighted by Gasteiger charge is -2.08. The van der Waals surface area contributed by atoms with Crippen LogP contribution < -0.4 is 4.74 Å². The van der Waals surface area contributed by atoms with Gasteiger partial charge in [-0.05, 0) is 68.0 Å². The number of rotatable bonds is 6. The van der Waals surface area contributed by atoms with E-state index in [0.29, 0.717) is 18.0 Å². The van der Waals surface area contributed by atoms with Crippen LogP contribution in [0.5, 0.6) is 5.75 Å². The highest BCUT2D eigenvalue weighted by atomic mass is 16.5. The van der Waals surface area contributed by atoms with Crippen LogP contribution >= 0.6 is 0 Å². The minimum Gasteiger partial charge on any atom is -0.494 e. The Morgan fingerprint density at radius 2 is 1.83 bits per heavy atom. The van der Waals surface area contributed by atoms with Crippen molar-refractivity contribution in [2.45, 2.75) is 13.8 Å². The van der Waals surface area contributed by atoms with E-state index in [1.165, 1.54) is 0 Å². The van der Waals surface area contributed by atoms with E-state index in [1.807, 2.05) is 115 Å². The number of nitrogens with zero attached hydrogens (tertiary/aromatic N) is 5. The van der Waals surface area contributed by atoms with E-state index in [4.69, 9.17) is 14.8 Å². The number of ether oxygens (including phenoxy) is 1. The van der Waals surface area contributed by atoms with E-state index in [-0.39, 0.29) is 0 Å². The van der Waals surface area contributed by atoms with E-state index >= 15 is 0 Å². The Kier molecular flexibility index (Phi) is 5.90. The van der Waals surface area contributed by atoms with Gasteiger partial charge in [-0.2, -0.15) is 10.4 Å². The molecule has 0 bridgehead atoms. The maximum Gasteiger partial charge on any atom is 0.151 e. The van der Waals surface area contributed by atoms with E-state index in [0.717, 1.165) is 44.9 Å². The first kappa shape index (κ1) is 22.2. The first-order valence-corrected chi connectivity index (χ1v) is 11.5. The molecule has 0 aliphatic rings. The zero-order chi connectivity index (χ0) is 24.4. The lowest BCUT2D eigenvalue weighted by atomic mass is 10.0. The zero-order valence-electron chi connectivity index (χ0n) is 19.9. The Hall–Kier alpha value is -4.63. The average Bonchev–Trinajstić information content (AvgIpc) is 3.45. The fourth-order valence-corrected chi connectivity index (χ4v) is 4.26. The number of aromatic nitrogens is 4. The molecule has 0 spiro atoms. The third-order valence-corrected chi connectivity index (χ3v) is 5.98. The summed E-state index contributed by atoms with van der Waals surface area (Å²) in [6, 6.07) is 26.2. The Morgan fingerprint density at radius 1 is 1.06 bits per heavy atom. The van der Waals surface area contributed by atoms with Crippen molar-refractivity contribution in [3.05, 3.63) is 95.9 Å².